The van der Waals surface area contributed by atoms with Crippen molar-refractivity contribution in [2.24, 2.45) is 0 Å². The van der Waals surface area contributed by atoms with Gasteiger partial charge in [-0.3, -0.25) is 0 Å². The van der Waals surface area contributed by atoms with E-state index >= 15 is 0 Å². The normalized spacial score (nSPS) is 18.8. The molecule has 0 aromatic heterocycles. The van der Waals surface area contributed by atoms with Gasteiger partial charge >= 0.3 is 0 Å². The molecule has 0 spiro atoms. The summed E-state index contributed by atoms with van der Waals surface area (Å²) in [5.41, 5.74) is 8.41. The van der Waals surface area contributed by atoms with E-state index in [4.69, 9.17) is 0 Å². The van der Waals surface area contributed by atoms with Crippen molar-refractivity contribution in [1.29, 1.82) is 0 Å². The first-order valence-corrected chi connectivity index (χ1v) is 6.82. The Kier molecular flexibility index (Phi) is 3.65. The first-order valence-electron chi connectivity index (χ1n) is 6.82. The Morgan fingerprint density at radius 1 is 1.05 bits per heavy atom. The molecule has 2 aliphatic rings. The van der Waals surface area contributed by atoms with E-state index in [0.717, 1.165) is 6.42 Å². The van der Waals surface area contributed by atoms with Crippen molar-refractivity contribution in [1.82, 2.24) is 0 Å². The molecule has 0 aliphatic heterocycles. The fourth-order valence-electron chi connectivity index (χ4n) is 3.35. The van der Waals surface area contributed by atoms with Crippen LogP contribution < -0.4 is 0 Å². The minimum atomic E-state index is 0. The number of hydrogen-bond donors (Lipinski definition) is 0. The number of allylic oxidation sites excluding steroid dienone is 4. The molecule has 4 rings (SSSR count). The van der Waals surface area contributed by atoms with Crippen molar-refractivity contribution in [3.63, 3.8) is 0 Å². The molecule has 1 heteroatoms. The average Bonchev–Trinajstić information content (AvgIpc) is 3.00. The zero-order valence-corrected chi connectivity index (χ0v) is 13.9. The Hall–Kier alpha value is -1.20. The van der Waals surface area contributed by atoms with Gasteiger partial charge in [-0.05, 0) is 18.9 Å². The van der Waals surface area contributed by atoms with Crippen molar-refractivity contribution in [2.75, 3.05) is 0 Å². The fourth-order valence-corrected chi connectivity index (χ4v) is 3.35. The molecule has 0 N–H and O–H groups in total. The number of rotatable bonds is 1. The average molecular weight is 335 g/mol. The van der Waals surface area contributed by atoms with E-state index in [9.17, 15) is 0 Å². The molecule has 1 unspecified atom stereocenters. The molecule has 0 bridgehead atoms. The van der Waals surface area contributed by atoms with Crippen molar-refractivity contribution in [2.45, 2.75) is 19.3 Å². The Morgan fingerprint density at radius 3 is 2.65 bits per heavy atom. The summed E-state index contributed by atoms with van der Waals surface area (Å²) in [6.45, 7) is 2.18. The first-order chi connectivity index (χ1) is 9.34. The number of hydrogen-bond acceptors (Lipinski definition) is 0. The van der Waals surface area contributed by atoms with E-state index in [-0.39, 0.29) is 26.2 Å². The van der Waals surface area contributed by atoms with E-state index in [0.29, 0.717) is 5.92 Å². The van der Waals surface area contributed by atoms with Crippen LogP contribution in [0.25, 0.3) is 11.1 Å². The van der Waals surface area contributed by atoms with E-state index in [1.807, 2.05) is 6.07 Å². The molecule has 2 aromatic rings. The summed E-state index contributed by atoms with van der Waals surface area (Å²) in [7, 11) is 0. The van der Waals surface area contributed by atoms with Gasteiger partial charge in [-0.1, -0.05) is 53.1 Å². The summed E-state index contributed by atoms with van der Waals surface area (Å²) >= 11 is 0. The molecule has 96 valence electrons. The molecular formula is C19H15Zr-. The smallest absolute Gasteiger partial charge is 0.00807 e. The third-order valence-corrected chi connectivity index (χ3v) is 4.18. The van der Waals surface area contributed by atoms with Crippen LogP contribution in [-0.2, 0) is 26.2 Å². The molecule has 0 saturated carbocycles. The van der Waals surface area contributed by atoms with E-state index in [1.165, 1.54) is 33.4 Å². The van der Waals surface area contributed by atoms with Gasteiger partial charge in [0.1, 0.15) is 0 Å². The van der Waals surface area contributed by atoms with E-state index in [1.54, 1.807) is 0 Å². The summed E-state index contributed by atoms with van der Waals surface area (Å²) in [5.74, 6) is 0.404. The van der Waals surface area contributed by atoms with Gasteiger partial charge in [0.15, 0.2) is 0 Å². The second-order valence-corrected chi connectivity index (χ2v) is 5.39. The van der Waals surface area contributed by atoms with E-state index in [2.05, 4.69) is 61.5 Å². The van der Waals surface area contributed by atoms with Gasteiger partial charge < -0.3 is 0 Å². The molecular weight excluding hydrogens is 319 g/mol. The van der Waals surface area contributed by atoms with Gasteiger partial charge in [-0.15, -0.1) is 11.1 Å². The predicted molar refractivity (Wildman–Crippen MR) is 79.0 cm³/mol. The monoisotopic (exact) mass is 333 g/mol. The van der Waals surface area contributed by atoms with Gasteiger partial charge in [-0.25, -0.2) is 0 Å². The number of benzene rings is 2. The van der Waals surface area contributed by atoms with Crippen LogP contribution >= 0.6 is 0 Å². The molecule has 0 radical (unpaired) electrons. The quantitative estimate of drug-likeness (QED) is 0.653. The SMILES string of the molecule is CC1=CCC(C2c3[c-]cccc3-c3ccccc32)=C1.[Zr]. The third-order valence-electron chi connectivity index (χ3n) is 4.18. The molecule has 0 heterocycles. The maximum atomic E-state index is 3.47. The summed E-state index contributed by atoms with van der Waals surface area (Å²) < 4.78 is 0. The molecule has 0 saturated heterocycles. The molecule has 0 fully saturated rings. The van der Waals surface area contributed by atoms with Crippen LogP contribution in [-0.4, -0.2) is 0 Å². The molecule has 20 heavy (non-hydrogen) atoms. The van der Waals surface area contributed by atoms with Crippen molar-refractivity contribution >= 4 is 0 Å². The van der Waals surface area contributed by atoms with Gasteiger partial charge in [0.25, 0.3) is 0 Å². The van der Waals surface area contributed by atoms with Crippen LogP contribution in [0.5, 0.6) is 0 Å². The molecule has 0 amide bonds. The van der Waals surface area contributed by atoms with E-state index < -0.39 is 0 Å². The summed E-state index contributed by atoms with van der Waals surface area (Å²) in [5, 5.41) is 0. The molecule has 0 nitrogen and oxygen atoms in total. The largest absolute Gasteiger partial charge is 0.179 e. The Morgan fingerprint density at radius 2 is 1.85 bits per heavy atom. The van der Waals surface area contributed by atoms with Crippen LogP contribution in [0.1, 0.15) is 30.4 Å². The van der Waals surface area contributed by atoms with Gasteiger partial charge in [0, 0.05) is 32.1 Å². The Balaban J connectivity index is 0.00000121. The second kappa shape index (κ2) is 5.30. The second-order valence-electron chi connectivity index (χ2n) is 5.39. The van der Waals surface area contributed by atoms with Crippen molar-refractivity contribution in [3.8, 4) is 11.1 Å². The third kappa shape index (κ3) is 2.00. The van der Waals surface area contributed by atoms with Crippen LogP contribution in [0, 0.1) is 6.07 Å². The minimum Gasteiger partial charge on any atom is -0.179 e. The minimum absolute atomic E-state index is 0. The summed E-state index contributed by atoms with van der Waals surface area (Å²) in [6.07, 6.45) is 5.74. The van der Waals surface area contributed by atoms with Crippen LogP contribution in [0.4, 0.5) is 0 Å². The Bertz CT molecular complexity index is 677. The maximum Gasteiger partial charge on any atom is 0.00807 e. The number of fused-ring (bicyclic) bond motifs is 3. The zero-order chi connectivity index (χ0) is 12.8. The van der Waals surface area contributed by atoms with Crippen molar-refractivity contribution in [3.05, 3.63) is 83.0 Å². The van der Waals surface area contributed by atoms with Gasteiger partial charge in [0.05, 0.1) is 0 Å². The predicted octanol–water partition coefficient (Wildman–Crippen LogP) is 4.87. The topological polar surface area (TPSA) is 0 Å². The van der Waals surface area contributed by atoms with Crippen LogP contribution in [0.2, 0.25) is 0 Å². The standard InChI is InChI=1S/C19H15.Zr/c1-13-10-11-14(12-13)19-17-8-4-2-6-15(17)16-7-3-5-9-18(16)19;/h2-8,10,12,19H,11H2,1H3;/q-1;. The van der Waals surface area contributed by atoms with Gasteiger partial charge in [-0.2, -0.15) is 24.3 Å². The van der Waals surface area contributed by atoms with Crippen LogP contribution in [0.3, 0.4) is 0 Å². The van der Waals surface area contributed by atoms with Crippen molar-refractivity contribution < 1.29 is 26.2 Å². The first kappa shape index (κ1) is 13.8. The Labute approximate surface area is 139 Å². The van der Waals surface area contributed by atoms with Crippen LogP contribution in [0.15, 0.2) is 65.8 Å². The molecule has 2 aromatic carbocycles. The zero-order valence-electron chi connectivity index (χ0n) is 11.5. The maximum absolute atomic E-state index is 3.47. The van der Waals surface area contributed by atoms with Gasteiger partial charge in [0.2, 0.25) is 0 Å². The fraction of sp³-hybridized carbons (Fsp3) is 0.158. The summed E-state index contributed by atoms with van der Waals surface area (Å²) in [6, 6.07) is 18.6. The summed E-state index contributed by atoms with van der Waals surface area (Å²) in [4.78, 5) is 0. The molecule has 2 aliphatic carbocycles. The molecule has 1 atom stereocenters.